The van der Waals surface area contributed by atoms with Gasteiger partial charge < -0.3 is 15.3 Å². The van der Waals surface area contributed by atoms with E-state index in [1.165, 1.54) is 6.92 Å². The van der Waals surface area contributed by atoms with Crippen LogP contribution >= 0.6 is 0 Å². The molecule has 1 aliphatic carbocycles. The molecule has 0 bridgehead atoms. The van der Waals surface area contributed by atoms with Gasteiger partial charge in [-0.05, 0) is 55.5 Å². The number of Topliss-reactive ketones (excluding diaryl/α,β-unsaturated/α-hetero) is 1. The van der Waals surface area contributed by atoms with Gasteiger partial charge in [0.05, 0.1) is 12.6 Å². The summed E-state index contributed by atoms with van der Waals surface area (Å²) in [7, 11) is 0. The van der Waals surface area contributed by atoms with Gasteiger partial charge in [0.15, 0.2) is 5.78 Å². The maximum Gasteiger partial charge on any atom is 0.322 e. The van der Waals surface area contributed by atoms with E-state index in [0.29, 0.717) is 23.7 Å². The Morgan fingerprint density at radius 3 is 2.31 bits per heavy atom. The zero-order valence-corrected chi connectivity index (χ0v) is 14.9. The van der Waals surface area contributed by atoms with Crippen LogP contribution in [0, 0.1) is 5.92 Å². The second-order valence-corrected chi connectivity index (χ2v) is 6.76. The number of hydrogen-bond acceptors (Lipinski definition) is 3. The predicted octanol–water partition coefficient (Wildman–Crippen LogP) is 3.69. The Kier molecular flexibility index (Phi) is 5.68. The highest BCUT2D eigenvalue weighted by atomic mass is 16.3. The van der Waals surface area contributed by atoms with Crippen molar-refractivity contribution in [3.8, 4) is 0 Å². The smallest absolute Gasteiger partial charge is 0.322 e. The zero-order valence-electron chi connectivity index (χ0n) is 14.9. The van der Waals surface area contributed by atoms with E-state index in [2.05, 4.69) is 5.32 Å². The van der Waals surface area contributed by atoms with E-state index in [9.17, 15) is 14.7 Å². The van der Waals surface area contributed by atoms with E-state index in [4.69, 9.17) is 0 Å². The highest BCUT2D eigenvalue weighted by Crippen LogP contribution is 2.36. The number of carbonyl (C=O) groups is 2. The van der Waals surface area contributed by atoms with Crippen LogP contribution in [-0.2, 0) is 6.54 Å². The van der Waals surface area contributed by atoms with Crippen LogP contribution in [0.5, 0.6) is 0 Å². The number of carbonyl (C=O) groups excluding carboxylic acids is 2. The molecule has 0 radical (unpaired) electrons. The molecule has 0 unspecified atom stereocenters. The number of amides is 2. The number of nitrogens with zero attached hydrogens (tertiary/aromatic N) is 1. The van der Waals surface area contributed by atoms with E-state index in [1.807, 2.05) is 30.3 Å². The number of ketones is 1. The highest BCUT2D eigenvalue weighted by Gasteiger charge is 2.37. The van der Waals surface area contributed by atoms with Crippen LogP contribution in [0.15, 0.2) is 54.6 Å². The number of rotatable bonds is 7. The summed E-state index contributed by atoms with van der Waals surface area (Å²) in [6.07, 6.45) is 2.08. The SMILES string of the molecule is CC(=O)c1ccc(NC(=O)N(Cc2ccccc2)[C@@H](CO)C2CC2)cc1. The maximum atomic E-state index is 12.9. The summed E-state index contributed by atoms with van der Waals surface area (Å²) in [5.74, 6) is 0.345. The lowest BCUT2D eigenvalue weighted by atomic mass is 10.1. The Morgan fingerprint density at radius 1 is 1.12 bits per heavy atom. The van der Waals surface area contributed by atoms with Crippen molar-refractivity contribution in [2.45, 2.75) is 32.4 Å². The lowest BCUT2D eigenvalue weighted by Gasteiger charge is -2.31. The number of urea groups is 1. The van der Waals surface area contributed by atoms with Crippen molar-refractivity contribution in [2.75, 3.05) is 11.9 Å². The summed E-state index contributed by atoms with van der Waals surface area (Å²) in [4.78, 5) is 26.0. The van der Waals surface area contributed by atoms with Crippen LogP contribution in [0.25, 0.3) is 0 Å². The van der Waals surface area contributed by atoms with Gasteiger partial charge in [-0.3, -0.25) is 4.79 Å². The van der Waals surface area contributed by atoms with Crippen molar-refractivity contribution in [1.82, 2.24) is 4.90 Å². The quantitative estimate of drug-likeness (QED) is 0.747. The molecule has 2 N–H and O–H groups in total. The van der Waals surface area contributed by atoms with Gasteiger partial charge in [0.25, 0.3) is 0 Å². The lowest BCUT2D eigenvalue weighted by molar-refractivity contribution is 0.101. The van der Waals surface area contributed by atoms with Gasteiger partial charge in [0.2, 0.25) is 0 Å². The standard InChI is InChI=1S/C21H24N2O3/c1-15(25)17-9-11-19(12-10-17)22-21(26)23(20(14-24)18-7-8-18)13-16-5-3-2-4-6-16/h2-6,9-12,18,20,24H,7-8,13-14H2,1H3,(H,22,26)/t20-/m0/s1. The van der Waals surface area contributed by atoms with Gasteiger partial charge >= 0.3 is 6.03 Å². The van der Waals surface area contributed by atoms with Crippen molar-refractivity contribution in [2.24, 2.45) is 5.92 Å². The first-order valence-corrected chi connectivity index (χ1v) is 8.92. The van der Waals surface area contributed by atoms with E-state index >= 15 is 0 Å². The topological polar surface area (TPSA) is 69.6 Å². The van der Waals surface area contributed by atoms with Gasteiger partial charge in [-0.1, -0.05) is 30.3 Å². The molecule has 0 saturated heterocycles. The largest absolute Gasteiger partial charge is 0.394 e. The molecule has 3 rings (SSSR count). The van der Waals surface area contributed by atoms with Crippen molar-refractivity contribution in [3.05, 3.63) is 65.7 Å². The number of benzene rings is 2. The Hall–Kier alpha value is -2.66. The Labute approximate surface area is 153 Å². The van der Waals surface area contributed by atoms with E-state index < -0.39 is 0 Å². The monoisotopic (exact) mass is 352 g/mol. The first kappa shape index (κ1) is 18.1. The molecule has 1 fully saturated rings. The number of hydrogen-bond donors (Lipinski definition) is 2. The van der Waals surface area contributed by atoms with Crippen LogP contribution < -0.4 is 5.32 Å². The highest BCUT2D eigenvalue weighted by molar-refractivity contribution is 5.95. The van der Waals surface area contributed by atoms with Gasteiger partial charge in [0.1, 0.15) is 0 Å². The molecule has 1 atom stereocenters. The molecule has 0 aliphatic heterocycles. The fourth-order valence-corrected chi connectivity index (χ4v) is 3.09. The fourth-order valence-electron chi connectivity index (χ4n) is 3.09. The predicted molar refractivity (Wildman–Crippen MR) is 101 cm³/mol. The molecule has 0 spiro atoms. The van der Waals surface area contributed by atoms with E-state index in [0.717, 1.165) is 18.4 Å². The normalized spacial score (nSPS) is 14.5. The molecule has 2 amide bonds. The second-order valence-electron chi connectivity index (χ2n) is 6.76. The van der Waals surface area contributed by atoms with Crippen LogP contribution in [0.2, 0.25) is 0 Å². The summed E-state index contributed by atoms with van der Waals surface area (Å²) in [5, 5.41) is 12.7. The molecular weight excluding hydrogens is 328 g/mol. The summed E-state index contributed by atoms with van der Waals surface area (Å²) in [6.45, 7) is 1.91. The Bertz CT molecular complexity index is 755. The third kappa shape index (κ3) is 4.49. The maximum absolute atomic E-state index is 12.9. The van der Waals surface area contributed by atoms with Gasteiger partial charge in [-0.2, -0.15) is 0 Å². The van der Waals surface area contributed by atoms with E-state index in [-0.39, 0.29) is 24.5 Å². The van der Waals surface area contributed by atoms with E-state index in [1.54, 1.807) is 29.2 Å². The number of nitrogens with one attached hydrogen (secondary N) is 1. The minimum Gasteiger partial charge on any atom is -0.394 e. The lowest BCUT2D eigenvalue weighted by Crippen LogP contribution is -2.45. The zero-order chi connectivity index (χ0) is 18.5. The van der Waals surface area contributed by atoms with Crippen molar-refractivity contribution >= 4 is 17.5 Å². The van der Waals surface area contributed by atoms with Gasteiger partial charge in [0, 0.05) is 17.8 Å². The molecule has 5 heteroatoms. The van der Waals surface area contributed by atoms with Crippen LogP contribution in [0.1, 0.15) is 35.7 Å². The van der Waals surface area contributed by atoms with Crippen molar-refractivity contribution < 1.29 is 14.7 Å². The first-order valence-electron chi connectivity index (χ1n) is 8.92. The van der Waals surface area contributed by atoms with Crippen LogP contribution in [0.4, 0.5) is 10.5 Å². The number of aliphatic hydroxyl groups excluding tert-OH is 1. The number of anilines is 1. The summed E-state index contributed by atoms with van der Waals surface area (Å²) < 4.78 is 0. The molecular formula is C21H24N2O3. The Balaban J connectivity index is 1.76. The molecule has 26 heavy (non-hydrogen) atoms. The van der Waals surface area contributed by atoms with Crippen molar-refractivity contribution in [3.63, 3.8) is 0 Å². The third-order valence-electron chi connectivity index (χ3n) is 4.75. The molecule has 2 aromatic carbocycles. The minimum absolute atomic E-state index is 0.0114. The second kappa shape index (κ2) is 8.15. The molecule has 0 heterocycles. The molecule has 1 saturated carbocycles. The van der Waals surface area contributed by atoms with Crippen LogP contribution in [0.3, 0.4) is 0 Å². The molecule has 2 aromatic rings. The number of aliphatic hydroxyl groups is 1. The van der Waals surface area contributed by atoms with Gasteiger partial charge in [-0.25, -0.2) is 4.79 Å². The minimum atomic E-state index is -0.240. The Morgan fingerprint density at radius 2 is 1.77 bits per heavy atom. The molecule has 136 valence electrons. The summed E-state index contributed by atoms with van der Waals surface area (Å²) in [5.41, 5.74) is 2.26. The average Bonchev–Trinajstić information content (AvgIpc) is 3.48. The van der Waals surface area contributed by atoms with Crippen LogP contribution in [-0.4, -0.2) is 34.5 Å². The molecule has 0 aromatic heterocycles. The molecule has 5 nitrogen and oxygen atoms in total. The van der Waals surface area contributed by atoms with Gasteiger partial charge in [-0.15, -0.1) is 0 Å². The fraction of sp³-hybridized carbons (Fsp3) is 0.333. The molecule has 1 aliphatic rings. The third-order valence-corrected chi connectivity index (χ3v) is 4.75. The summed E-state index contributed by atoms with van der Waals surface area (Å²) >= 11 is 0. The first-order chi connectivity index (χ1) is 12.6. The van der Waals surface area contributed by atoms with Crippen molar-refractivity contribution in [1.29, 1.82) is 0 Å². The summed E-state index contributed by atoms with van der Waals surface area (Å²) in [6, 6.07) is 16.2. The average molecular weight is 352 g/mol.